The Morgan fingerprint density at radius 2 is 1.93 bits per heavy atom. The van der Waals surface area contributed by atoms with Crippen LogP contribution in [0.25, 0.3) is 10.9 Å². The molecule has 0 aliphatic heterocycles. The summed E-state index contributed by atoms with van der Waals surface area (Å²) in [5.41, 5.74) is 0.890. The van der Waals surface area contributed by atoms with Gasteiger partial charge in [0, 0.05) is 30.9 Å². The highest BCUT2D eigenvalue weighted by atomic mass is 16.5. The number of nitrogens with one attached hydrogen (secondary N) is 1. The molecule has 27 heavy (non-hydrogen) atoms. The third-order valence-corrected chi connectivity index (χ3v) is 4.70. The molecular formula is C20H21N3O4. The zero-order chi connectivity index (χ0) is 19.6. The number of carboxylic acid groups (broad SMARTS) is 1. The Bertz CT molecular complexity index is 997. The van der Waals surface area contributed by atoms with Gasteiger partial charge in [-0.25, -0.2) is 0 Å². The van der Waals surface area contributed by atoms with Crippen molar-refractivity contribution in [3.05, 3.63) is 60.0 Å². The minimum absolute atomic E-state index is 0.249. The summed E-state index contributed by atoms with van der Waals surface area (Å²) >= 11 is 0. The molecule has 3 aromatic rings. The SMILES string of the molecule is COc1ccc2cc(C(=O)NC(C)(CC(=O)O)c3ccncc3)n(C)c2c1. The maximum Gasteiger partial charge on any atom is 0.306 e. The lowest BCUT2D eigenvalue weighted by atomic mass is 9.89. The number of ether oxygens (including phenoxy) is 1. The first-order valence-corrected chi connectivity index (χ1v) is 8.42. The Balaban J connectivity index is 1.98. The van der Waals surface area contributed by atoms with E-state index >= 15 is 0 Å². The molecule has 0 spiro atoms. The lowest BCUT2D eigenvalue weighted by Gasteiger charge is -2.30. The van der Waals surface area contributed by atoms with Crippen LogP contribution in [0.4, 0.5) is 0 Å². The van der Waals surface area contributed by atoms with Crippen molar-refractivity contribution < 1.29 is 19.4 Å². The maximum atomic E-state index is 13.0. The number of methoxy groups -OCH3 is 1. The highest BCUT2D eigenvalue weighted by Gasteiger charge is 2.32. The number of nitrogens with zero attached hydrogens (tertiary/aromatic N) is 2. The molecule has 0 saturated heterocycles. The molecule has 2 N–H and O–H groups in total. The number of hydrogen-bond acceptors (Lipinski definition) is 4. The van der Waals surface area contributed by atoms with Gasteiger partial charge < -0.3 is 19.7 Å². The predicted octanol–water partition coefficient (Wildman–Crippen LogP) is 2.70. The number of carbonyl (C=O) groups is 2. The Morgan fingerprint density at radius 3 is 2.56 bits per heavy atom. The normalized spacial score (nSPS) is 13.1. The molecule has 2 heterocycles. The molecule has 0 saturated carbocycles. The molecule has 0 aliphatic rings. The highest BCUT2D eigenvalue weighted by molar-refractivity contribution is 5.99. The van der Waals surface area contributed by atoms with Crippen molar-refractivity contribution in [1.82, 2.24) is 14.9 Å². The summed E-state index contributed by atoms with van der Waals surface area (Å²) in [6.45, 7) is 1.69. The fraction of sp³-hybridized carbons (Fsp3) is 0.250. The third kappa shape index (κ3) is 3.62. The van der Waals surface area contributed by atoms with Crippen molar-refractivity contribution >= 4 is 22.8 Å². The van der Waals surface area contributed by atoms with Gasteiger partial charge in [0.2, 0.25) is 0 Å². The molecule has 7 heteroatoms. The lowest BCUT2D eigenvalue weighted by Crippen LogP contribution is -2.45. The van der Waals surface area contributed by atoms with Crippen LogP contribution in [-0.4, -0.2) is 33.6 Å². The van der Waals surface area contributed by atoms with E-state index in [1.807, 2.05) is 18.2 Å². The minimum Gasteiger partial charge on any atom is -0.497 e. The second-order valence-corrected chi connectivity index (χ2v) is 6.61. The molecule has 2 aromatic heterocycles. The fourth-order valence-electron chi connectivity index (χ4n) is 3.21. The van der Waals surface area contributed by atoms with E-state index in [0.29, 0.717) is 17.0 Å². The van der Waals surface area contributed by atoms with Gasteiger partial charge in [-0.05, 0) is 42.8 Å². The molecule has 7 nitrogen and oxygen atoms in total. The average molecular weight is 367 g/mol. The minimum atomic E-state index is -1.07. The smallest absolute Gasteiger partial charge is 0.306 e. The number of rotatable bonds is 6. The molecule has 3 rings (SSSR count). The van der Waals surface area contributed by atoms with Crippen molar-refractivity contribution in [2.45, 2.75) is 18.9 Å². The Kier molecular flexibility index (Phi) is 4.85. The van der Waals surface area contributed by atoms with Crippen LogP contribution in [0.1, 0.15) is 29.4 Å². The molecule has 1 aromatic carbocycles. The van der Waals surface area contributed by atoms with E-state index in [-0.39, 0.29) is 12.3 Å². The standard InChI is InChI=1S/C20H21N3O4/c1-20(12-18(24)25,14-6-8-21-9-7-14)22-19(26)17-10-13-4-5-15(27-3)11-16(13)23(17)2/h4-11H,12H2,1-3H3,(H,22,26)(H,24,25). The third-order valence-electron chi connectivity index (χ3n) is 4.70. The molecule has 0 radical (unpaired) electrons. The molecule has 0 aliphatic carbocycles. The van der Waals surface area contributed by atoms with Crippen LogP contribution in [-0.2, 0) is 17.4 Å². The van der Waals surface area contributed by atoms with Crippen LogP contribution in [0.15, 0.2) is 48.8 Å². The van der Waals surface area contributed by atoms with E-state index in [9.17, 15) is 14.7 Å². The Morgan fingerprint density at radius 1 is 1.22 bits per heavy atom. The quantitative estimate of drug-likeness (QED) is 0.699. The molecule has 1 atom stereocenters. The van der Waals surface area contributed by atoms with E-state index in [0.717, 1.165) is 10.9 Å². The van der Waals surface area contributed by atoms with Crippen LogP contribution < -0.4 is 10.1 Å². The van der Waals surface area contributed by atoms with E-state index in [2.05, 4.69) is 10.3 Å². The van der Waals surface area contributed by atoms with E-state index < -0.39 is 11.5 Å². The van der Waals surface area contributed by atoms with Crippen molar-refractivity contribution in [1.29, 1.82) is 0 Å². The highest BCUT2D eigenvalue weighted by Crippen LogP contribution is 2.27. The van der Waals surface area contributed by atoms with Gasteiger partial charge in [-0.3, -0.25) is 14.6 Å². The van der Waals surface area contributed by atoms with Gasteiger partial charge in [-0.15, -0.1) is 0 Å². The second-order valence-electron chi connectivity index (χ2n) is 6.61. The van der Waals surface area contributed by atoms with Crippen molar-refractivity contribution in [2.75, 3.05) is 7.11 Å². The topological polar surface area (TPSA) is 93.4 Å². The van der Waals surface area contributed by atoms with E-state index in [1.54, 1.807) is 56.2 Å². The predicted molar refractivity (Wildman–Crippen MR) is 101 cm³/mol. The monoisotopic (exact) mass is 367 g/mol. The molecular weight excluding hydrogens is 346 g/mol. The van der Waals surface area contributed by atoms with Gasteiger partial charge in [0.1, 0.15) is 11.4 Å². The lowest BCUT2D eigenvalue weighted by molar-refractivity contribution is -0.138. The number of aliphatic carboxylic acids is 1. The number of fused-ring (bicyclic) bond motifs is 1. The summed E-state index contributed by atoms with van der Waals surface area (Å²) in [5, 5.41) is 13.1. The molecule has 0 bridgehead atoms. The van der Waals surface area contributed by atoms with Crippen LogP contribution >= 0.6 is 0 Å². The summed E-state index contributed by atoms with van der Waals surface area (Å²) in [6.07, 6.45) is 2.90. The average Bonchev–Trinajstić information content (AvgIpc) is 2.98. The first-order valence-electron chi connectivity index (χ1n) is 8.42. The van der Waals surface area contributed by atoms with Gasteiger partial charge in [0.15, 0.2) is 0 Å². The first-order chi connectivity index (χ1) is 12.8. The molecule has 140 valence electrons. The number of benzene rings is 1. The summed E-state index contributed by atoms with van der Waals surface area (Å²) in [7, 11) is 3.38. The van der Waals surface area contributed by atoms with Crippen molar-refractivity contribution in [3.8, 4) is 5.75 Å². The van der Waals surface area contributed by atoms with E-state index in [1.165, 1.54) is 0 Å². The van der Waals surface area contributed by atoms with Gasteiger partial charge in [0.25, 0.3) is 5.91 Å². The van der Waals surface area contributed by atoms with Crippen LogP contribution in [0.3, 0.4) is 0 Å². The zero-order valence-electron chi connectivity index (χ0n) is 15.4. The largest absolute Gasteiger partial charge is 0.497 e. The second kappa shape index (κ2) is 7.11. The molecule has 1 unspecified atom stereocenters. The van der Waals surface area contributed by atoms with E-state index in [4.69, 9.17) is 4.74 Å². The van der Waals surface area contributed by atoms with Gasteiger partial charge in [-0.2, -0.15) is 0 Å². The first kappa shape index (κ1) is 18.4. The van der Waals surface area contributed by atoms with Crippen LogP contribution in [0.2, 0.25) is 0 Å². The van der Waals surface area contributed by atoms with Crippen molar-refractivity contribution in [3.63, 3.8) is 0 Å². The number of carboxylic acids is 1. The summed E-state index contributed by atoms with van der Waals surface area (Å²) in [4.78, 5) is 28.3. The van der Waals surface area contributed by atoms with Gasteiger partial charge >= 0.3 is 5.97 Å². The summed E-state index contributed by atoms with van der Waals surface area (Å²) < 4.78 is 7.01. The number of aromatic nitrogens is 2. The van der Waals surface area contributed by atoms with Crippen LogP contribution in [0, 0.1) is 0 Å². The van der Waals surface area contributed by atoms with Gasteiger partial charge in [0.05, 0.1) is 24.6 Å². The van der Waals surface area contributed by atoms with Crippen molar-refractivity contribution in [2.24, 2.45) is 7.05 Å². The number of carbonyl (C=O) groups excluding carboxylic acids is 1. The van der Waals surface area contributed by atoms with Crippen LogP contribution in [0.5, 0.6) is 5.75 Å². The number of amides is 1. The number of pyridine rings is 1. The molecule has 0 fully saturated rings. The maximum absolute atomic E-state index is 13.0. The molecule has 1 amide bonds. The number of aryl methyl sites for hydroxylation is 1. The summed E-state index contributed by atoms with van der Waals surface area (Å²) in [5.74, 6) is -0.659. The Hall–Kier alpha value is -3.35. The zero-order valence-corrected chi connectivity index (χ0v) is 15.4. The Labute approximate surface area is 156 Å². The summed E-state index contributed by atoms with van der Waals surface area (Å²) in [6, 6.07) is 10.7. The fourth-order valence-corrected chi connectivity index (χ4v) is 3.21. The van der Waals surface area contributed by atoms with Gasteiger partial charge in [-0.1, -0.05) is 0 Å². The number of hydrogen-bond donors (Lipinski definition) is 2.